The number of rotatable bonds is 67. The van der Waals surface area contributed by atoms with Crippen molar-refractivity contribution in [2.24, 2.45) is 0 Å². The summed E-state index contributed by atoms with van der Waals surface area (Å²) in [7, 11) is 0. The third-order valence-electron chi connectivity index (χ3n) is 16.6. The molecule has 0 spiro atoms. The van der Waals surface area contributed by atoms with Gasteiger partial charge in [-0.05, 0) is 19.3 Å². The first kappa shape index (κ1) is 75.4. The van der Waals surface area contributed by atoms with Gasteiger partial charge in [-0.15, -0.1) is 0 Å². The van der Waals surface area contributed by atoms with Crippen molar-refractivity contribution in [1.29, 1.82) is 0 Å². The molecule has 6 heteroatoms. The van der Waals surface area contributed by atoms with Crippen molar-refractivity contribution in [3.05, 3.63) is 0 Å². The lowest BCUT2D eigenvalue weighted by molar-refractivity contribution is -0.167. The van der Waals surface area contributed by atoms with Gasteiger partial charge in [-0.25, -0.2) is 0 Å². The first-order chi connectivity index (χ1) is 38.0. The summed E-state index contributed by atoms with van der Waals surface area (Å²) in [5.41, 5.74) is 0. The highest BCUT2D eigenvalue weighted by molar-refractivity contribution is 5.71. The van der Waals surface area contributed by atoms with Gasteiger partial charge >= 0.3 is 17.9 Å². The summed E-state index contributed by atoms with van der Waals surface area (Å²) in [6.07, 6.45) is 79.2. The molecule has 0 saturated heterocycles. The molecule has 6 nitrogen and oxygen atoms in total. The van der Waals surface area contributed by atoms with Crippen LogP contribution in [0.2, 0.25) is 0 Å². The second-order valence-corrected chi connectivity index (χ2v) is 24.5. The molecule has 0 aliphatic carbocycles. The summed E-state index contributed by atoms with van der Waals surface area (Å²) in [5.74, 6) is -0.842. The smallest absolute Gasteiger partial charge is 0.306 e. The van der Waals surface area contributed by atoms with Crippen LogP contribution >= 0.6 is 0 Å². The minimum absolute atomic E-state index is 0.0621. The highest BCUT2D eigenvalue weighted by Crippen LogP contribution is 2.20. The van der Waals surface area contributed by atoms with Crippen LogP contribution in [-0.4, -0.2) is 37.2 Å². The van der Waals surface area contributed by atoms with Gasteiger partial charge in [-0.1, -0.05) is 380 Å². The average Bonchev–Trinajstić information content (AvgIpc) is 3.43. The van der Waals surface area contributed by atoms with Gasteiger partial charge in [0.25, 0.3) is 0 Å². The van der Waals surface area contributed by atoms with E-state index in [4.69, 9.17) is 14.2 Å². The maximum absolute atomic E-state index is 12.9. The van der Waals surface area contributed by atoms with Gasteiger partial charge in [0.1, 0.15) is 13.2 Å². The van der Waals surface area contributed by atoms with E-state index >= 15 is 0 Å². The Hall–Kier alpha value is -1.59. The quantitative estimate of drug-likeness (QED) is 0.0343. The van der Waals surface area contributed by atoms with Crippen molar-refractivity contribution in [2.75, 3.05) is 13.2 Å². The van der Waals surface area contributed by atoms with Crippen LogP contribution in [0.4, 0.5) is 0 Å². The molecule has 0 bridgehead atoms. The molecule has 1 atom stereocenters. The lowest BCUT2D eigenvalue weighted by Crippen LogP contribution is -2.30. The molecule has 0 radical (unpaired) electrons. The molecule has 0 aliphatic heterocycles. The van der Waals surface area contributed by atoms with E-state index in [1.54, 1.807) is 0 Å². The molecule has 458 valence electrons. The zero-order chi connectivity index (χ0) is 55.7. The van der Waals surface area contributed by atoms with E-state index in [1.807, 2.05) is 0 Å². The first-order valence-electron chi connectivity index (χ1n) is 35.5. The number of carbonyl (C=O) groups excluding carboxylic acids is 3. The highest BCUT2D eigenvalue weighted by atomic mass is 16.6. The molecular weight excluding hydrogens is 949 g/mol. The van der Waals surface area contributed by atoms with Crippen LogP contribution in [0.3, 0.4) is 0 Å². The van der Waals surface area contributed by atoms with E-state index in [2.05, 4.69) is 20.8 Å². The number of unbranched alkanes of at least 4 members (excludes halogenated alkanes) is 56. The van der Waals surface area contributed by atoms with E-state index in [0.717, 1.165) is 64.2 Å². The van der Waals surface area contributed by atoms with E-state index in [1.165, 1.54) is 315 Å². The SMILES string of the molecule is CCCCCCCCCCCCCCCCCCCCCCCCCCCCCCCCC(=O)OCC(COC(=O)CCCCCCC)OC(=O)CCCCCCCCCCCCCCCCCCCCCCCCCC. The molecule has 1 unspecified atom stereocenters. The third-order valence-corrected chi connectivity index (χ3v) is 16.6. The Morgan fingerprint density at radius 2 is 0.351 bits per heavy atom. The summed E-state index contributed by atoms with van der Waals surface area (Å²) in [6.45, 7) is 6.65. The van der Waals surface area contributed by atoms with Crippen LogP contribution in [0.1, 0.15) is 419 Å². The summed E-state index contributed by atoms with van der Waals surface area (Å²) >= 11 is 0. The zero-order valence-corrected chi connectivity index (χ0v) is 52.8. The lowest BCUT2D eigenvalue weighted by atomic mass is 10.0. The fourth-order valence-electron chi connectivity index (χ4n) is 11.3. The van der Waals surface area contributed by atoms with Crippen LogP contribution in [0, 0.1) is 0 Å². The van der Waals surface area contributed by atoms with Gasteiger partial charge in [0.2, 0.25) is 0 Å². The molecule has 0 aromatic carbocycles. The van der Waals surface area contributed by atoms with Crippen LogP contribution in [-0.2, 0) is 28.6 Å². The number of ether oxygens (including phenoxy) is 3. The third kappa shape index (κ3) is 65.1. The zero-order valence-electron chi connectivity index (χ0n) is 52.8. The molecule has 0 aliphatic rings. The summed E-state index contributed by atoms with van der Waals surface area (Å²) in [6, 6.07) is 0. The largest absolute Gasteiger partial charge is 0.462 e. The minimum atomic E-state index is -0.761. The summed E-state index contributed by atoms with van der Waals surface area (Å²) in [5, 5.41) is 0. The number of hydrogen-bond donors (Lipinski definition) is 0. The van der Waals surface area contributed by atoms with Gasteiger partial charge in [0, 0.05) is 19.3 Å². The average molecular weight is 1090 g/mol. The molecule has 0 fully saturated rings. The van der Waals surface area contributed by atoms with E-state index in [0.29, 0.717) is 19.3 Å². The summed E-state index contributed by atoms with van der Waals surface area (Å²) < 4.78 is 16.8. The normalized spacial score (nSPS) is 11.9. The van der Waals surface area contributed by atoms with Crippen LogP contribution in [0.5, 0.6) is 0 Å². The molecule has 0 heterocycles. The van der Waals surface area contributed by atoms with Crippen molar-refractivity contribution in [2.45, 2.75) is 425 Å². The standard InChI is InChI=1S/C71H138O6/c1-4-7-10-13-15-17-19-21-23-25-27-29-31-33-34-35-36-37-38-40-41-43-45-47-49-51-53-55-58-61-64-70(73)76-67-68(66-75-69(72)63-60-57-12-9-6-3)77-71(74)65-62-59-56-54-52-50-48-46-44-42-39-32-30-28-26-24-22-20-18-16-14-11-8-5-2/h68H,4-67H2,1-3H3. The van der Waals surface area contributed by atoms with Crippen LogP contribution in [0.15, 0.2) is 0 Å². The maximum atomic E-state index is 12.9. The number of hydrogen-bond acceptors (Lipinski definition) is 6. The molecule has 0 amide bonds. The molecular formula is C71H138O6. The van der Waals surface area contributed by atoms with E-state index in [-0.39, 0.29) is 31.1 Å². The lowest BCUT2D eigenvalue weighted by Gasteiger charge is -2.18. The fraction of sp³-hybridized carbons (Fsp3) is 0.958. The Kier molecular flexibility index (Phi) is 65.5. The van der Waals surface area contributed by atoms with E-state index < -0.39 is 6.10 Å². The molecule has 0 aromatic rings. The monoisotopic (exact) mass is 1090 g/mol. The van der Waals surface area contributed by atoms with Gasteiger partial charge in [-0.2, -0.15) is 0 Å². The Morgan fingerprint density at radius 3 is 0.519 bits per heavy atom. The van der Waals surface area contributed by atoms with Crippen LogP contribution in [0.25, 0.3) is 0 Å². The first-order valence-corrected chi connectivity index (χ1v) is 35.5. The van der Waals surface area contributed by atoms with Crippen molar-refractivity contribution in [3.63, 3.8) is 0 Å². The molecule has 0 N–H and O–H groups in total. The number of carbonyl (C=O) groups is 3. The Labute approximate surface area is 482 Å². The van der Waals surface area contributed by atoms with Crippen molar-refractivity contribution < 1.29 is 28.6 Å². The Balaban J connectivity index is 3.88. The van der Waals surface area contributed by atoms with Gasteiger partial charge in [0.05, 0.1) is 0 Å². The Bertz CT molecular complexity index is 1160. The predicted octanol–water partition coefficient (Wildman–Crippen LogP) is 24.2. The second kappa shape index (κ2) is 66.9. The molecule has 0 aromatic heterocycles. The van der Waals surface area contributed by atoms with Gasteiger partial charge < -0.3 is 14.2 Å². The summed E-state index contributed by atoms with van der Waals surface area (Å²) in [4.78, 5) is 38.0. The highest BCUT2D eigenvalue weighted by Gasteiger charge is 2.19. The molecule has 0 rings (SSSR count). The number of esters is 3. The minimum Gasteiger partial charge on any atom is -0.462 e. The van der Waals surface area contributed by atoms with E-state index in [9.17, 15) is 14.4 Å². The van der Waals surface area contributed by atoms with Gasteiger partial charge in [0.15, 0.2) is 6.10 Å². The topological polar surface area (TPSA) is 78.9 Å². The van der Waals surface area contributed by atoms with Crippen LogP contribution < -0.4 is 0 Å². The Morgan fingerprint density at radius 1 is 0.208 bits per heavy atom. The molecule has 0 saturated carbocycles. The fourth-order valence-corrected chi connectivity index (χ4v) is 11.3. The van der Waals surface area contributed by atoms with Crippen molar-refractivity contribution >= 4 is 17.9 Å². The van der Waals surface area contributed by atoms with Crippen molar-refractivity contribution in [3.8, 4) is 0 Å². The predicted molar refractivity (Wildman–Crippen MR) is 335 cm³/mol. The van der Waals surface area contributed by atoms with Gasteiger partial charge in [-0.3, -0.25) is 14.4 Å². The second-order valence-electron chi connectivity index (χ2n) is 24.5. The molecule has 77 heavy (non-hydrogen) atoms. The maximum Gasteiger partial charge on any atom is 0.306 e. The van der Waals surface area contributed by atoms with Crippen molar-refractivity contribution in [1.82, 2.24) is 0 Å².